The van der Waals surface area contributed by atoms with Gasteiger partial charge < -0.3 is 10.2 Å². The van der Waals surface area contributed by atoms with E-state index in [9.17, 15) is 9.59 Å². The normalized spacial score (nSPS) is 29.9. The van der Waals surface area contributed by atoms with Crippen molar-refractivity contribution in [1.82, 2.24) is 10.2 Å². The van der Waals surface area contributed by atoms with Crippen molar-refractivity contribution in [1.29, 1.82) is 0 Å². The van der Waals surface area contributed by atoms with Gasteiger partial charge >= 0.3 is 0 Å². The molecule has 2 rings (SSSR count). The summed E-state index contributed by atoms with van der Waals surface area (Å²) in [5, 5.41) is 2.94. The highest BCUT2D eigenvalue weighted by Crippen LogP contribution is 2.27. The summed E-state index contributed by atoms with van der Waals surface area (Å²) in [6.45, 7) is 8.47. The molecule has 1 aliphatic carbocycles. The number of amides is 2. The molecule has 1 fully saturated rings. The van der Waals surface area contributed by atoms with Crippen LogP contribution in [0.3, 0.4) is 0 Å². The second kappa shape index (κ2) is 6.20. The van der Waals surface area contributed by atoms with Gasteiger partial charge in [0.2, 0.25) is 11.8 Å². The van der Waals surface area contributed by atoms with E-state index in [1.54, 1.807) is 0 Å². The second-order valence-electron chi connectivity index (χ2n) is 6.87. The van der Waals surface area contributed by atoms with Gasteiger partial charge in [0.05, 0.1) is 0 Å². The third kappa shape index (κ3) is 3.14. The summed E-state index contributed by atoms with van der Waals surface area (Å²) in [6.07, 6.45) is 7.35. The second-order valence-corrected chi connectivity index (χ2v) is 6.87. The molecule has 0 radical (unpaired) electrons. The molecule has 1 aliphatic heterocycles. The molecule has 0 aromatic heterocycles. The molecule has 118 valence electrons. The standard InChI is InChI=1S/C17H28N2O2/c1-5-17(4)16(21)19(11-10-13-8-6-7-9-13)14(12(2)3)15(20)18-17/h8,12,14H,5-7,9-11H2,1-4H3,(H,18,20). The van der Waals surface area contributed by atoms with Gasteiger partial charge in [-0.05, 0) is 44.9 Å². The van der Waals surface area contributed by atoms with Gasteiger partial charge in [-0.2, -0.15) is 0 Å². The van der Waals surface area contributed by atoms with E-state index in [0.717, 1.165) is 19.3 Å². The molecule has 1 saturated heterocycles. The number of carbonyl (C=O) groups excluding carboxylic acids is 2. The van der Waals surface area contributed by atoms with Gasteiger partial charge in [0.25, 0.3) is 0 Å². The van der Waals surface area contributed by atoms with Crippen LogP contribution in [0, 0.1) is 5.92 Å². The summed E-state index contributed by atoms with van der Waals surface area (Å²) in [4.78, 5) is 27.1. The Morgan fingerprint density at radius 3 is 2.67 bits per heavy atom. The van der Waals surface area contributed by atoms with Crippen molar-refractivity contribution in [2.75, 3.05) is 6.54 Å². The number of hydrogen-bond donors (Lipinski definition) is 1. The first-order valence-corrected chi connectivity index (χ1v) is 8.20. The molecule has 0 spiro atoms. The highest BCUT2D eigenvalue weighted by atomic mass is 16.2. The Morgan fingerprint density at radius 2 is 2.14 bits per heavy atom. The zero-order chi connectivity index (χ0) is 15.6. The number of allylic oxidation sites excluding steroid dienone is 1. The van der Waals surface area contributed by atoms with Crippen LogP contribution >= 0.6 is 0 Å². The maximum atomic E-state index is 12.8. The SMILES string of the molecule is CCC1(C)NC(=O)C(C(C)C)N(CCC2=CCCC2)C1=O. The highest BCUT2D eigenvalue weighted by molar-refractivity contribution is 5.99. The first-order valence-electron chi connectivity index (χ1n) is 8.20. The van der Waals surface area contributed by atoms with Crippen LogP contribution in [-0.4, -0.2) is 34.8 Å². The van der Waals surface area contributed by atoms with Gasteiger partial charge in [-0.25, -0.2) is 0 Å². The lowest BCUT2D eigenvalue weighted by atomic mass is 9.88. The molecular weight excluding hydrogens is 264 g/mol. The summed E-state index contributed by atoms with van der Waals surface area (Å²) in [6, 6.07) is -0.334. The molecule has 0 bridgehead atoms. The minimum absolute atomic E-state index is 0.00523. The van der Waals surface area contributed by atoms with E-state index in [0.29, 0.717) is 13.0 Å². The molecule has 1 N–H and O–H groups in total. The van der Waals surface area contributed by atoms with Crippen LogP contribution in [0.4, 0.5) is 0 Å². The molecule has 4 nitrogen and oxygen atoms in total. The van der Waals surface area contributed by atoms with Crippen molar-refractivity contribution < 1.29 is 9.59 Å². The Morgan fingerprint density at radius 1 is 1.43 bits per heavy atom. The number of hydrogen-bond acceptors (Lipinski definition) is 2. The topological polar surface area (TPSA) is 49.4 Å². The number of carbonyl (C=O) groups is 2. The minimum atomic E-state index is -0.744. The van der Waals surface area contributed by atoms with Crippen molar-refractivity contribution >= 4 is 11.8 Å². The van der Waals surface area contributed by atoms with Gasteiger partial charge in [-0.15, -0.1) is 0 Å². The molecule has 2 atom stereocenters. The lowest BCUT2D eigenvalue weighted by Gasteiger charge is -2.45. The predicted octanol–water partition coefficient (Wildman–Crippen LogP) is 2.64. The first-order chi connectivity index (χ1) is 9.89. The zero-order valence-electron chi connectivity index (χ0n) is 13.7. The van der Waals surface area contributed by atoms with Crippen molar-refractivity contribution in [2.24, 2.45) is 5.92 Å². The van der Waals surface area contributed by atoms with E-state index in [-0.39, 0.29) is 23.8 Å². The van der Waals surface area contributed by atoms with Crippen molar-refractivity contribution in [2.45, 2.75) is 71.4 Å². The van der Waals surface area contributed by atoms with Crippen LogP contribution in [0.2, 0.25) is 0 Å². The lowest BCUT2D eigenvalue weighted by molar-refractivity contribution is -0.156. The molecule has 0 aromatic rings. The van der Waals surface area contributed by atoms with Crippen molar-refractivity contribution in [3.05, 3.63) is 11.6 Å². The van der Waals surface area contributed by atoms with Gasteiger partial charge in [-0.3, -0.25) is 9.59 Å². The zero-order valence-corrected chi connectivity index (χ0v) is 13.7. The third-order valence-electron chi connectivity index (χ3n) is 4.88. The molecule has 21 heavy (non-hydrogen) atoms. The maximum Gasteiger partial charge on any atom is 0.248 e. The number of nitrogens with one attached hydrogen (secondary N) is 1. The Kier molecular flexibility index (Phi) is 4.74. The van der Waals surface area contributed by atoms with E-state index >= 15 is 0 Å². The highest BCUT2D eigenvalue weighted by Gasteiger charge is 2.47. The van der Waals surface area contributed by atoms with Crippen LogP contribution in [0.5, 0.6) is 0 Å². The minimum Gasteiger partial charge on any atom is -0.340 e. The Balaban J connectivity index is 2.17. The van der Waals surface area contributed by atoms with Crippen LogP contribution in [0.25, 0.3) is 0 Å². The fourth-order valence-electron chi connectivity index (χ4n) is 3.36. The Bertz CT molecular complexity index is 456. The molecule has 2 unspecified atom stereocenters. The molecule has 1 heterocycles. The van der Waals surface area contributed by atoms with E-state index < -0.39 is 5.54 Å². The number of nitrogens with zero attached hydrogens (tertiary/aromatic N) is 1. The Labute approximate surface area is 128 Å². The van der Waals surface area contributed by atoms with Crippen LogP contribution in [0.15, 0.2) is 11.6 Å². The average Bonchev–Trinajstić information content (AvgIpc) is 2.93. The summed E-state index contributed by atoms with van der Waals surface area (Å²) in [7, 11) is 0. The predicted molar refractivity (Wildman–Crippen MR) is 83.7 cm³/mol. The summed E-state index contributed by atoms with van der Waals surface area (Å²) in [5.74, 6) is 0.198. The molecular formula is C17H28N2O2. The summed E-state index contributed by atoms with van der Waals surface area (Å²) < 4.78 is 0. The van der Waals surface area contributed by atoms with Crippen LogP contribution < -0.4 is 5.32 Å². The Hall–Kier alpha value is -1.32. The van der Waals surface area contributed by atoms with Crippen LogP contribution in [-0.2, 0) is 9.59 Å². The fraction of sp³-hybridized carbons (Fsp3) is 0.765. The van der Waals surface area contributed by atoms with Crippen molar-refractivity contribution in [3.8, 4) is 0 Å². The summed E-state index contributed by atoms with van der Waals surface area (Å²) >= 11 is 0. The lowest BCUT2D eigenvalue weighted by Crippen LogP contribution is -2.70. The number of piperazine rings is 1. The van der Waals surface area contributed by atoms with Gasteiger partial charge in [0.1, 0.15) is 11.6 Å². The third-order valence-corrected chi connectivity index (χ3v) is 4.88. The number of rotatable bonds is 5. The van der Waals surface area contributed by atoms with Gasteiger partial charge in [0, 0.05) is 6.54 Å². The average molecular weight is 292 g/mol. The monoisotopic (exact) mass is 292 g/mol. The molecule has 2 aliphatic rings. The van der Waals surface area contributed by atoms with Gasteiger partial charge in [-0.1, -0.05) is 32.4 Å². The van der Waals surface area contributed by atoms with Gasteiger partial charge in [0.15, 0.2) is 0 Å². The quantitative estimate of drug-likeness (QED) is 0.792. The summed E-state index contributed by atoms with van der Waals surface area (Å²) in [5.41, 5.74) is 0.696. The smallest absolute Gasteiger partial charge is 0.248 e. The van der Waals surface area contributed by atoms with Crippen LogP contribution in [0.1, 0.15) is 59.8 Å². The van der Waals surface area contributed by atoms with E-state index in [4.69, 9.17) is 0 Å². The first kappa shape index (κ1) is 16.1. The molecule has 2 amide bonds. The van der Waals surface area contributed by atoms with E-state index in [1.165, 1.54) is 12.0 Å². The van der Waals surface area contributed by atoms with E-state index in [1.807, 2.05) is 32.6 Å². The van der Waals surface area contributed by atoms with Crippen molar-refractivity contribution in [3.63, 3.8) is 0 Å². The molecule has 0 aromatic carbocycles. The molecule has 0 saturated carbocycles. The molecule has 4 heteroatoms. The van der Waals surface area contributed by atoms with E-state index in [2.05, 4.69) is 11.4 Å². The largest absolute Gasteiger partial charge is 0.340 e. The maximum absolute atomic E-state index is 12.8. The fourth-order valence-corrected chi connectivity index (χ4v) is 3.36.